The molecule has 3 aromatic carbocycles. The molecule has 2 amide bonds. The molecule has 0 aliphatic carbocycles. The van der Waals surface area contributed by atoms with Crippen LogP contribution in [0.4, 0.5) is 15.2 Å². The molecule has 2 aliphatic heterocycles. The maximum absolute atomic E-state index is 14.2. The van der Waals surface area contributed by atoms with Crippen LogP contribution in [0.15, 0.2) is 80.3 Å². The van der Waals surface area contributed by atoms with Crippen LogP contribution in [0.25, 0.3) is 11.0 Å². The van der Waals surface area contributed by atoms with Crippen LogP contribution < -0.4 is 15.2 Å². The zero-order chi connectivity index (χ0) is 27.8. The minimum atomic E-state index is -1.82. The number of nitrogens with zero attached hydrogens (tertiary/aromatic N) is 4. The molecule has 11 heteroatoms. The molecule has 0 saturated heterocycles. The van der Waals surface area contributed by atoms with Gasteiger partial charge in [0.15, 0.2) is 15.3 Å². The quantitative estimate of drug-likeness (QED) is 0.215. The normalized spacial score (nSPS) is 17.8. The molecule has 7 rings (SSSR count). The van der Waals surface area contributed by atoms with E-state index >= 15 is 0 Å². The average Bonchev–Trinajstić information content (AvgIpc) is 3.58. The molecule has 1 atom stereocenters. The Morgan fingerprint density at radius 1 is 1.02 bits per heavy atom. The van der Waals surface area contributed by atoms with Crippen LogP contribution in [0.5, 0.6) is 0 Å². The van der Waals surface area contributed by atoms with Gasteiger partial charge in [-0.05, 0) is 36.8 Å². The highest BCUT2D eigenvalue weighted by Crippen LogP contribution is 2.54. The number of carbonyl (C=O) groups excluding carboxylic acids is 2. The summed E-state index contributed by atoms with van der Waals surface area (Å²) >= 11 is 2.35. The van der Waals surface area contributed by atoms with Gasteiger partial charge in [0.25, 0.3) is 11.8 Å². The van der Waals surface area contributed by atoms with Crippen LogP contribution in [0.2, 0.25) is 0 Å². The third kappa shape index (κ3) is 3.28. The van der Waals surface area contributed by atoms with Crippen molar-refractivity contribution in [1.29, 1.82) is 0 Å². The van der Waals surface area contributed by atoms with Gasteiger partial charge in [0.1, 0.15) is 11.4 Å². The second-order valence-corrected chi connectivity index (χ2v) is 11.8. The van der Waals surface area contributed by atoms with Crippen LogP contribution in [-0.4, -0.2) is 29.1 Å². The lowest BCUT2D eigenvalue weighted by Crippen LogP contribution is -2.53. The molecule has 2 aromatic heterocycles. The Hall–Kier alpha value is -4.35. The predicted octanol–water partition coefficient (Wildman–Crippen LogP) is 5.26. The fraction of sp³-hybridized carbons (Fsp3) is 0.138. The van der Waals surface area contributed by atoms with Gasteiger partial charge in [0, 0.05) is 24.1 Å². The second kappa shape index (κ2) is 8.83. The van der Waals surface area contributed by atoms with Gasteiger partial charge < -0.3 is 9.32 Å². The van der Waals surface area contributed by atoms with Gasteiger partial charge in [-0.3, -0.25) is 19.3 Å². The van der Waals surface area contributed by atoms with Crippen molar-refractivity contribution in [2.75, 3.05) is 16.8 Å². The summed E-state index contributed by atoms with van der Waals surface area (Å²) in [7, 11) is 1.61. The number of rotatable bonds is 4. The Bertz CT molecular complexity index is 1950. The lowest BCUT2D eigenvalue weighted by atomic mass is 9.84. The maximum Gasteiger partial charge on any atom is 0.297 e. The molecule has 0 fully saturated rings. The summed E-state index contributed by atoms with van der Waals surface area (Å²) in [6.07, 6.45) is 0. The lowest BCUT2D eigenvalue weighted by molar-refractivity contribution is -0.121. The summed E-state index contributed by atoms with van der Waals surface area (Å²) in [5.74, 6) is -1.36. The molecule has 1 unspecified atom stereocenters. The van der Waals surface area contributed by atoms with Gasteiger partial charge >= 0.3 is 0 Å². The maximum atomic E-state index is 14.2. The van der Waals surface area contributed by atoms with Gasteiger partial charge in [0.05, 0.1) is 10.9 Å². The monoisotopic (exact) mass is 570 g/mol. The summed E-state index contributed by atoms with van der Waals surface area (Å²) in [5, 5.41) is 8.92. The van der Waals surface area contributed by atoms with E-state index in [-0.39, 0.29) is 33.2 Å². The molecule has 198 valence electrons. The summed E-state index contributed by atoms with van der Waals surface area (Å²) in [4.78, 5) is 45.2. The predicted molar refractivity (Wildman–Crippen MR) is 151 cm³/mol. The number of carbonyl (C=O) groups is 2. The van der Waals surface area contributed by atoms with E-state index in [9.17, 15) is 18.8 Å². The minimum absolute atomic E-state index is 0.0341. The number of benzene rings is 3. The minimum Gasteiger partial charge on any atom is -0.450 e. The van der Waals surface area contributed by atoms with Gasteiger partial charge in [-0.1, -0.05) is 71.1 Å². The molecule has 8 nitrogen and oxygen atoms in total. The smallest absolute Gasteiger partial charge is 0.297 e. The largest absolute Gasteiger partial charge is 0.450 e. The van der Waals surface area contributed by atoms with E-state index in [0.717, 1.165) is 16.9 Å². The van der Waals surface area contributed by atoms with Gasteiger partial charge in [-0.25, -0.2) is 4.39 Å². The van der Waals surface area contributed by atoms with Crippen molar-refractivity contribution in [3.63, 3.8) is 0 Å². The van der Waals surface area contributed by atoms with Gasteiger partial charge in [-0.15, -0.1) is 10.2 Å². The fourth-order valence-electron chi connectivity index (χ4n) is 5.49. The number of aryl methyl sites for hydroxylation is 1. The van der Waals surface area contributed by atoms with E-state index in [0.29, 0.717) is 26.9 Å². The molecule has 40 heavy (non-hydrogen) atoms. The lowest BCUT2D eigenvalue weighted by Gasteiger charge is -2.31. The van der Waals surface area contributed by atoms with Crippen LogP contribution in [0.1, 0.15) is 32.8 Å². The Morgan fingerprint density at radius 2 is 1.80 bits per heavy atom. The molecular formula is C29H19FN4O4S2. The summed E-state index contributed by atoms with van der Waals surface area (Å²) in [6, 6.07) is 18.6. The van der Waals surface area contributed by atoms with Crippen molar-refractivity contribution in [2.45, 2.75) is 22.6 Å². The highest BCUT2D eigenvalue weighted by molar-refractivity contribution is 8.00. The summed E-state index contributed by atoms with van der Waals surface area (Å²) < 4.78 is 20.7. The van der Waals surface area contributed by atoms with Gasteiger partial charge in [-0.2, -0.15) is 0 Å². The Labute approximate surface area is 235 Å². The first kappa shape index (κ1) is 24.7. The number of hydrogen-bond donors (Lipinski definition) is 0. The molecule has 0 bridgehead atoms. The first-order chi connectivity index (χ1) is 19.3. The zero-order valence-corrected chi connectivity index (χ0v) is 22.8. The van der Waals surface area contributed by atoms with E-state index in [2.05, 4.69) is 10.2 Å². The van der Waals surface area contributed by atoms with Crippen molar-refractivity contribution in [2.24, 2.45) is 0 Å². The van der Waals surface area contributed by atoms with Crippen molar-refractivity contribution >= 4 is 56.7 Å². The second-order valence-electron chi connectivity index (χ2n) is 9.60. The molecular weight excluding hydrogens is 551 g/mol. The molecule has 5 aromatic rings. The fourth-order valence-corrected chi connectivity index (χ4v) is 7.37. The average molecular weight is 571 g/mol. The molecule has 2 aliphatic rings. The highest BCUT2D eigenvalue weighted by Gasteiger charge is 2.66. The van der Waals surface area contributed by atoms with E-state index in [1.807, 2.05) is 6.92 Å². The number of hydrogen-bond acceptors (Lipinski definition) is 8. The van der Waals surface area contributed by atoms with Crippen molar-refractivity contribution in [3.05, 3.63) is 111 Å². The standard InChI is InChI=1S/C29H19FN4O4S2/c1-15-11-12-21-17(13-15)23(35)22-24(38-21)25(36)34(29(22)18-8-4-6-10-20(18)33(2)26(29)37)27-31-32-28(40-27)39-14-16-7-3-5-9-19(16)30/h3-13H,14H2,1-2H3. The topological polar surface area (TPSA) is 96.6 Å². The first-order valence-corrected chi connectivity index (χ1v) is 14.1. The SMILES string of the molecule is Cc1ccc2oc3c(c(=O)c2c1)C1(C(=O)N(C)c2ccccc21)N(c1nnc(SCc2ccccc2F)s1)C3=O. The van der Waals surface area contributed by atoms with E-state index < -0.39 is 22.8 Å². The first-order valence-electron chi connectivity index (χ1n) is 12.3. The molecule has 0 saturated carbocycles. The molecule has 4 heterocycles. The van der Waals surface area contributed by atoms with Crippen LogP contribution in [0.3, 0.4) is 0 Å². The third-order valence-corrected chi connectivity index (χ3v) is 9.40. The van der Waals surface area contributed by atoms with E-state index in [4.69, 9.17) is 4.42 Å². The number of fused-ring (bicyclic) bond motifs is 5. The van der Waals surface area contributed by atoms with E-state index in [1.54, 1.807) is 67.7 Å². The van der Waals surface area contributed by atoms with Crippen molar-refractivity contribution in [3.8, 4) is 0 Å². The van der Waals surface area contributed by atoms with E-state index in [1.165, 1.54) is 27.6 Å². The number of para-hydroxylation sites is 1. The zero-order valence-electron chi connectivity index (χ0n) is 21.2. The molecule has 0 N–H and O–H groups in total. The third-order valence-electron chi connectivity index (χ3n) is 7.31. The summed E-state index contributed by atoms with van der Waals surface area (Å²) in [5.41, 5.74) is 0.342. The number of aromatic nitrogens is 2. The van der Waals surface area contributed by atoms with Crippen LogP contribution in [-0.2, 0) is 16.1 Å². The number of likely N-dealkylation sites (N-methyl/N-ethyl adjacent to an activating group) is 1. The Balaban J connectivity index is 1.43. The van der Waals surface area contributed by atoms with Crippen molar-refractivity contribution < 1.29 is 18.4 Å². The van der Waals surface area contributed by atoms with Crippen LogP contribution >= 0.6 is 23.1 Å². The molecule has 1 spiro atoms. The highest BCUT2D eigenvalue weighted by atomic mass is 32.2. The van der Waals surface area contributed by atoms with Crippen LogP contribution in [0, 0.1) is 12.7 Å². The Kier molecular flexibility index (Phi) is 5.45. The van der Waals surface area contributed by atoms with Crippen molar-refractivity contribution in [1.82, 2.24) is 10.2 Å². The number of thioether (sulfide) groups is 1. The number of halogens is 1. The Morgan fingerprint density at radius 3 is 2.62 bits per heavy atom. The molecule has 0 radical (unpaired) electrons. The number of amides is 2. The van der Waals surface area contributed by atoms with Gasteiger partial charge in [0.2, 0.25) is 10.9 Å². The number of anilines is 2. The summed E-state index contributed by atoms with van der Waals surface area (Å²) in [6.45, 7) is 1.85.